The van der Waals surface area contributed by atoms with Crippen molar-refractivity contribution in [1.29, 1.82) is 0 Å². The fraction of sp³-hybridized carbons (Fsp3) is 0.409. The van der Waals surface area contributed by atoms with Crippen LogP contribution < -0.4 is 10.1 Å². The standard InChI is InChI=1S/C22H27NO7/c1-13-8-15(14-4-3-5-16(9-14)20(27)23-2)6-7-18(13)30-21-22(28,12-25)19(26)10-17(11-24)29-21/h3-9,17,19,21,24-26,28H,10-12H2,1-2H3,(H,23,27)/t17-,19-,21+,22-/m0/s1. The maximum absolute atomic E-state index is 11.9. The molecule has 0 aromatic heterocycles. The summed E-state index contributed by atoms with van der Waals surface area (Å²) in [6.45, 7) is 0.695. The van der Waals surface area contributed by atoms with Gasteiger partial charge in [0.1, 0.15) is 5.75 Å². The van der Waals surface area contributed by atoms with E-state index in [1.165, 1.54) is 0 Å². The lowest BCUT2D eigenvalue weighted by atomic mass is 9.89. The van der Waals surface area contributed by atoms with Crippen molar-refractivity contribution in [2.45, 2.75) is 37.4 Å². The van der Waals surface area contributed by atoms with Crippen molar-refractivity contribution >= 4 is 5.91 Å². The van der Waals surface area contributed by atoms with Crippen LogP contribution in [0.2, 0.25) is 0 Å². The van der Waals surface area contributed by atoms with E-state index in [0.29, 0.717) is 11.3 Å². The van der Waals surface area contributed by atoms with Crippen LogP contribution in [-0.4, -0.2) is 70.7 Å². The third-order valence-corrected chi connectivity index (χ3v) is 5.34. The highest BCUT2D eigenvalue weighted by Crippen LogP contribution is 2.34. The molecule has 5 N–H and O–H groups in total. The van der Waals surface area contributed by atoms with E-state index in [-0.39, 0.29) is 18.9 Å². The van der Waals surface area contributed by atoms with Crippen LogP contribution >= 0.6 is 0 Å². The molecule has 0 radical (unpaired) electrons. The third-order valence-electron chi connectivity index (χ3n) is 5.34. The van der Waals surface area contributed by atoms with Crippen LogP contribution in [0.5, 0.6) is 5.75 Å². The molecule has 0 spiro atoms. The van der Waals surface area contributed by atoms with Crippen molar-refractivity contribution in [2.75, 3.05) is 20.3 Å². The van der Waals surface area contributed by atoms with Gasteiger partial charge in [-0.05, 0) is 47.9 Å². The first-order valence-electron chi connectivity index (χ1n) is 9.69. The number of hydrogen-bond acceptors (Lipinski definition) is 7. The first-order valence-corrected chi connectivity index (χ1v) is 9.69. The summed E-state index contributed by atoms with van der Waals surface area (Å²) >= 11 is 0. The summed E-state index contributed by atoms with van der Waals surface area (Å²) in [5.41, 5.74) is 0.963. The lowest BCUT2D eigenvalue weighted by Gasteiger charge is -2.44. The van der Waals surface area contributed by atoms with E-state index in [1.807, 2.05) is 19.1 Å². The molecule has 0 aliphatic carbocycles. The van der Waals surface area contributed by atoms with Gasteiger partial charge in [-0.3, -0.25) is 4.79 Å². The zero-order valence-electron chi connectivity index (χ0n) is 16.9. The highest BCUT2D eigenvalue weighted by Gasteiger charge is 2.51. The lowest BCUT2D eigenvalue weighted by molar-refractivity contribution is -0.298. The summed E-state index contributed by atoms with van der Waals surface area (Å²) in [7, 11) is 1.57. The highest BCUT2D eigenvalue weighted by molar-refractivity contribution is 5.95. The molecule has 8 nitrogen and oxygen atoms in total. The molecule has 30 heavy (non-hydrogen) atoms. The summed E-state index contributed by atoms with van der Waals surface area (Å²) in [5.74, 6) is 0.215. The van der Waals surface area contributed by atoms with E-state index in [0.717, 1.165) is 16.7 Å². The van der Waals surface area contributed by atoms with Gasteiger partial charge in [0.05, 0.1) is 25.4 Å². The Bertz CT molecular complexity index is 903. The molecule has 1 amide bonds. The molecule has 4 atom stereocenters. The molecule has 0 saturated carbocycles. The predicted octanol–water partition coefficient (Wildman–Crippen LogP) is 0.592. The minimum atomic E-state index is -2.02. The largest absolute Gasteiger partial charge is 0.461 e. The van der Waals surface area contributed by atoms with Gasteiger partial charge in [0.25, 0.3) is 5.91 Å². The number of nitrogens with one attached hydrogen (secondary N) is 1. The Kier molecular flexibility index (Phi) is 6.74. The van der Waals surface area contributed by atoms with Crippen LogP contribution in [0.25, 0.3) is 11.1 Å². The van der Waals surface area contributed by atoms with Crippen LogP contribution in [0.1, 0.15) is 22.3 Å². The third kappa shape index (κ3) is 4.33. The molecule has 2 aromatic rings. The molecule has 1 aliphatic rings. The van der Waals surface area contributed by atoms with E-state index < -0.39 is 30.7 Å². The molecule has 162 valence electrons. The summed E-state index contributed by atoms with van der Waals surface area (Å²) in [6, 6.07) is 12.5. The molecule has 1 heterocycles. The predicted molar refractivity (Wildman–Crippen MR) is 109 cm³/mol. The van der Waals surface area contributed by atoms with Gasteiger partial charge < -0.3 is 35.2 Å². The van der Waals surface area contributed by atoms with Gasteiger partial charge in [-0.1, -0.05) is 18.2 Å². The normalized spacial score (nSPS) is 26.3. The molecule has 2 aromatic carbocycles. The van der Waals surface area contributed by atoms with Crippen molar-refractivity contribution in [1.82, 2.24) is 5.32 Å². The fourth-order valence-corrected chi connectivity index (χ4v) is 3.45. The minimum Gasteiger partial charge on any atom is -0.461 e. The number of hydrogen-bond donors (Lipinski definition) is 5. The monoisotopic (exact) mass is 417 g/mol. The minimum absolute atomic E-state index is 0.0208. The molecule has 1 fully saturated rings. The smallest absolute Gasteiger partial charge is 0.251 e. The van der Waals surface area contributed by atoms with Crippen LogP contribution in [-0.2, 0) is 4.74 Å². The molecule has 8 heteroatoms. The Balaban J connectivity index is 1.86. The first-order chi connectivity index (χ1) is 14.3. The second-order valence-electron chi connectivity index (χ2n) is 7.43. The molecule has 1 aliphatic heterocycles. The van der Waals surface area contributed by atoms with Crippen LogP contribution in [0.4, 0.5) is 0 Å². The number of aliphatic hydroxyl groups is 4. The second-order valence-corrected chi connectivity index (χ2v) is 7.43. The van der Waals surface area contributed by atoms with E-state index in [2.05, 4.69) is 5.32 Å². The maximum Gasteiger partial charge on any atom is 0.251 e. The van der Waals surface area contributed by atoms with Gasteiger partial charge in [-0.2, -0.15) is 0 Å². The van der Waals surface area contributed by atoms with Gasteiger partial charge >= 0.3 is 0 Å². The van der Waals surface area contributed by atoms with Crippen LogP contribution in [0, 0.1) is 6.92 Å². The number of aryl methyl sites for hydroxylation is 1. The van der Waals surface area contributed by atoms with Crippen molar-refractivity contribution in [2.24, 2.45) is 0 Å². The van der Waals surface area contributed by atoms with Crippen molar-refractivity contribution in [3.63, 3.8) is 0 Å². The SMILES string of the molecule is CNC(=O)c1cccc(-c2ccc(O[C@H]3O[C@H](CO)C[C@H](O)[C@@]3(O)CO)c(C)c2)c1. The molecular weight excluding hydrogens is 390 g/mol. The number of carbonyl (C=O) groups excluding carboxylic acids is 1. The van der Waals surface area contributed by atoms with E-state index in [1.54, 1.807) is 37.4 Å². The van der Waals surface area contributed by atoms with E-state index in [9.17, 15) is 25.2 Å². The van der Waals surface area contributed by atoms with Gasteiger partial charge in [-0.15, -0.1) is 0 Å². The average Bonchev–Trinajstić information content (AvgIpc) is 2.77. The van der Waals surface area contributed by atoms with Crippen LogP contribution in [0.15, 0.2) is 42.5 Å². The topological polar surface area (TPSA) is 128 Å². The fourth-order valence-electron chi connectivity index (χ4n) is 3.45. The Labute approximate surface area is 174 Å². The number of carbonyl (C=O) groups is 1. The average molecular weight is 417 g/mol. The zero-order valence-corrected chi connectivity index (χ0v) is 16.9. The van der Waals surface area contributed by atoms with Gasteiger partial charge in [-0.25, -0.2) is 0 Å². The summed E-state index contributed by atoms with van der Waals surface area (Å²) in [6.07, 6.45) is -3.41. The second kappa shape index (κ2) is 9.11. The Morgan fingerprint density at radius 1 is 1.23 bits per heavy atom. The molecule has 0 bridgehead atoms. The molecule has 3 rings (SSSR count). The molecule has 0 unspecified atom stereocenters. The first kappa shape index (κ1) is 22.2. The summed E-state index contributed by atoms with van der Waals surface area (Å²) in [4.78, 5) is 11.9. The lowest BCUT2D eigenvalue weighted by Crippen LogP contribution is -2.63. The molecule has 1 saturated heterocycles. The maximum atomic E-state index is 11.9. The number of amides is 1. The van der Waals surface area contributed by atoms with Gasteiger partial charge in [0, 0.05) is 19.0 Å². The Hall–Kier alpha value is -2.49. The van der Waals surface area contributed by atoms with Crippen molar-refractivity contribution in [3.05, 3.63) is 53.6 Å². The highest BCUT2D eigenvalue weighted by atomic mass is 16.7. The number of ether oxygens (including phenoxy) is 2. The zero-order chi connectivity index (χ0) is 21.9. The van der Waals surface area contributed by atoms with Crippen molar-refractivity contribution < 1.29 is 34.7 Å². The number of rotatable bonds is 6. The van der Waals surface area contributed by atoms with Gasteiger partial charge in [0.15, 0.2) is 5.60 Å². The quantitative estimate of drug-likeness (QED) is 0.465. The summed E-state index contributed by atoms with van der Waals surface area (Å²) < 4.78 is 11.4. The Morgan fingerprint density at radius 2 is 1.97 bits per heavy atom. The van der Waals surface area contributed by atoms with Gasteiger partial charge in [0.2, 0.25) is 6.29 Å². The Morgan fingerprint density at radius 3 is 2.60 bits per heavy atom. The van der Waals surface area contributed by atoms with Crippen molar-refractivity contribution in [3.8, 4) is 16.9 Å². The number of benzene rings is 2. The summed E-state index contributed by atoms with van der Waals surface area (Å²) in [5, 5.41) is 42.4. The van der Waals surface area contributed by atoms with E-state index >= 15 is 0 Å². The number of aliphatic hydroxyl groups excluding tert-OH is 3. The van der Waals surface area contributed by atoms with Crippen LogP contribution in [0.3, 0.4) is 0 Å². The van der Waals surface area contributed by atoms with E-state index in [4.69, 9.17) is 9.47 Å². The molecular formula is C22H27NO7.